The van der Waals surface area contributed by atoms with Crippen molar-refractivity contribution < 1.29 is 9.90 Å². The molecule has 4 nitrogen and oxygen atoms in total. The second-order valence-corrected chi connectivity index (χ2v) is 3.43. The molecule has 4 heteroatoms. The average Bonchev–Trinajstić information content (AvgIpc) is 2.53. The molecule has 1 aliphatic rings. The molecule has 0 aromatic heterocycles. The Morgan fingerprint density at radius 3 is 2.39 bits per heavy atom. The van der Waals surface area contributed by atoms with Crippen LogP contribution in [-0.4, -0.2) is 17.1 Å². The molecule has 102 valence electrons. The number of benzene rings is 1. The van der Waals surface area contributed by atoms with E-state index in [1.54, 1.807) is 12.1 Å². The zero-order chi connectivity index (χ0) is 14.1. The largest absolute Gasteiger partial charge is 0.388 e. The zero-order valence-electron chi connectivity index (χ0n) is 11.6. The first-order valence-electron chi connectivity index (χ1n) is 6.52. The van der Waals surface area contributed by atoms with E-state index in [0.29, 0.717) is 5.69 Å². The first kappa shape index (κ1) is 16.6. The second-order valence-electron chi connectivity index (χ2n) is 3.43. The van der Waals surface area contributed by atoms with Crippen LogP contribution in [0.2, 0.25) is 0 Å². The van der Waals surface area contributed by atoms with Crippen LogP contribution in [0, 0.1) is 0 Å². The molecular formula is C14H24N2O2. The van der Waals surface area contributed by atoms with Crippen molar-refractivity contribution in [3.05, 3.63) is 29.8 Å². The minimum atomic E-state index is -0.667. The highest BCUT2D eigenvalue weighted by Gasteiger charge is 2.25. The molecule has 0 saturated carbocycles. The van der Waals surface area contributed by atoms with Crippen LogP contribution in [0.25, 0.3) is 0 Å². The van der Waals surface area contributed by atoms with Crippen molar-refractivity contribution in [1.29, 1.82) is 0 Å². The highest BCUT2D eigenvalue weighted by molar-refractivity contribution is 5.96. The molecule has 4 N–H and O–H groups in total. The normalized spacial score (nSPS) is 21.1. The lowest BCUT2D eigenvalue weighted by atomic mass is 10.0. The van der Waals surface area contributed by atoms with E-state index in [4.69, 9.17) is 5.73 Å². The third-order valence-electron chi connectivity index (χ3n) is 2.39. The Kier molecular flexibility index (Phi) is 8.00. The standard InChI is InChI=1S/C10H12N2O2.2C2H6/c11-7-5-9(13)6-3-1-2-4-8(6)12-10(7)14;2*1-2/h1-4,7,9,13H,5,11H2,(H,12,14);2*1-2H3. The third kappa shape index (κ3) is 4.13. The summed E-state index contributed by atoms with van der Waals surface area (Å²) in [6.07, 6.45) is -0.400. The number of aliphatic hydroxyl groups is 1. The number of anilines is 1. The number of carbonyl (C=O) groups excluding carboxylic acids is 1. The Morgan fingerprint density at radius 1 is 1.22 bits per heavy atom. The summed E-state index contributed by atoms with van der Waals surface area (Å²) in [5.74, 6) is -0.242. The number of aliphatic hydroxyl groups excluding tert-OH is 1. The first-order valence-corrected chi connectivity index (χ1v) is 6.52. The van der Waals surface area contributed by atoms with Crippen LogP contribution in [0.3, 0.4) is 0 Å². The fraction of sp³-hybridized carbons (Fsp3) is 0.500. The molecule has 2 rings (SSSR count). The predicted octanol–water partition coefficient (Wildman–Crippen LogP) is 2.44. The van der Waals surface area contributed by atoms with Gasteiger partial charge < -0.3 is 16.2 Å². The molecule has 0 spiro atoms. The Bertz CT molecular complexity index is 367. The van der Waals surface area contributed by atoms with Crippen molar-refractivity contribution in [3.8, 4) is 0 Å². The lowest BCUT2D eigenvalue weighted by Crippen LogP contribution is -2.34. The van der Waals surface area contributed by atoms with E-state index in [1.165, 1.54) is 0 Å². The molecule has 0 saturated heterocycles. The first-order chi connectivity index (χ1) is 8.68. The highest BCUT2D eigenvalue weighted by atomic mass is 16.3. The molecule has 0 aliphatic carbocycles. The van der Waals surface area contributed by atoms with Gasteiger partial charge in [0.15, 0.2) is 0 Å². The van der Waals surface area contributed by atoms with Gasteiger partial charge in [-0.2, -0.15) is 0 Å². The van der Waals surface area contributed by atoms with Gasteiger partial charge in [0.05, 0.1) is 12.1 Å². The van der Waals surface area contributed by atoms with Gasteiger partial charge >= 0.3 is 0 Å². The van der Waals surface area contributed by atoms with Crippen molar-refractivity contribution in [2.24, 2.45) is 5.73 Å². The van der Waals surface area contributed by atoms with Gasteiger partial charge in [0, 0.05) is 17.7 Å². The van der Waals surface area contributed by atoms with Crippen molar-refractivity contribution in [2.45, 2.75) is 46.3 Å². The molecule has 2 atom stereocenters. The molecule has 2 unspecified atom stereocenters. The number of hydrogen-bond donors (Lipinski definition) is 3. The van der Waals surface area contributed by atoms with E-state index in [-0.39, 0.29) is 12.3 Å². The molecule has 0 fully saturated rings. The molecule has 18 heavy (non-hydrogen) atoms. The van der Waals surface area contributed by atoms with Gasteiger partial charge in [0.2, 0.25) is 5.91 Å². The summed E-state index contributed by atoms with van der Waals surface area (Å²) in [6.45, 7) is 8.00. The third-order valence-corrected chi connectivity index (χ3v) is 2.39. The van der Waals surface area contributed by atoms with E-state index < -0.39 is 12.1 Å². The van der Waals surface area contributed by atoms with Crippen LogP contribution in [0.15, 0.2) is 24.3 Å². The van der Waals surface area contributed by atoms with E-state index in [1.807, 2.05) is 39.8 Å². The molecule has 1 aromatic rings. The van der Waals surface area contributed by atoms with Crippen LogP contribution in [0.1, 0.15) is 45.8 Å². The van der Waals surface area contributed by atoms with Gasteiger partial charge in [-0.25, -0.2) is 0 Å². The highest BCUT2D eigenvalue weighted by Crippen LogP contribution is 2.28. The molecule has 0 radical (unpaired) electrons. The summed E-state index contributed by atoms with van der Waals surface area (Å²) in [5, 5.41) is 12.4. The number of para-hydroxylation sites is 1. The molecule has 1 heterocycles. The van der Waals surface area contributed by atoms with Crippen molar-refractivity contribution >= 4 is 11.6 Å². The van der Waals surface area contributed by atoms with E-state index in [9.17, 15) is 9.90 Å². The van der Waals surface area contributed by atoms with Gasteiger partial charge in [0.1, 0.15) is 0 Å². The second kappa shape index (κ2) is 8.66. The fourth-order valence-electron chi connectivity index (χ4n) is 1.60. The Labute approximate surface area is 109 Å². The summed E-state index contributed by atoms with van der Waals surface area (Å²) in [6, 6.07) is 6.54. The summed E-state index contributed by atoms with van der Waals surface area (Å²) in [5.41, 5.74) is 6.96. The van der Waals surface area contributed by atoms with Gasteiger partial charge in [-0.3, -0.25) is 4.79 Å². The van der Waals surface area contributed by atoms with E-state index in [2.05, 4.69) is 5.32 Å². The van der Waals surface area contributed by atoms with Gasteiger partial charge in [-0.05, 0) is 6.07 Å². The van der Waals surface area contributed by atoms with Gasteiger partial charge in [-0.15, -0.1) is 0 Å². The number of carbonyl (C=O) groups is 1. The number of fused-ring (bicyclic) bond motifs is 1. The van der Waals surface area contributed by atoms with Crippen molar-refractivity contribution in [3.63, 3.8) is 0 Å². The van der Waals surface area contributed by atoms with Crippen LogP contribution in [0.5, 0.6) is 0 Å². The predicted molar refractivity (Wildman–Crippen MR) is 75.3 cm³/mol. The topological polar surface area (TPSA) is 75.3 Å². The van der Waals surface area contributed by atoms with Crippen LogP contribution < -0.4 is 11.1 Å². The SMILES string of the molecule is CC.CC.NC1CC(O)c2ccccc2NC1=O. The van der Waals surface area contributed by atoms with Gasteiger partial charge in [-0.1, -0.05) is 45.9 Å². The number of hydrogen-bond acceptors (Lipinski definition) is 3. The summed E-state index contributed by atoms with van der Waals surface area (Å²) in [7, 11) is 0. The van der Waals surface area contributed by atoms with Crippen LogP contribution in [0.4, 0.5) is 5.69 Å². The number of amides is 1. The number of nitrogens with two attached hydrogens (primary N) is 1. The van der Waals surface area contributed by atoms with Crippen molar-refractivity contribution in [2.75, 3.05) is 5.32 Å². The smallest absolute Gasteiger partial charge is 0.241 e. The van der Waals surface area contributed by atoms with Crippen LogP contribution >= 0.6 is 0 Å². The maximum Gasteiger partial charge on any atom is 0.241 e. The minimum Gasteiger partial charge on any atom is -0.388 e. The summed E-state index contributed by atoms with van der Waals surface area (Å²) < 4.78 is 0. The maximum absolute atomic E-state index is 11.4. The Morgan fingerprint density at radius 2 is 1.78 bits per heavy atom. The lowest BCUT2D eigenvalue weighted by molar-refractivity contribution is -0.117. The van der Waals surface area contributed by atoms with E-state index >= 15 is 0 Å². The summed E-state index contributed by atoms with van der Waals surface area (Å²) >= 11 is 0. The molecule has 1 amide bonds. The van der Waals surface area contributed by atoms with Crippen LogP contribution in [-0.2, 0) is 4.79 Å². The Hall–Kier alpha value is -1.39. The van der Waals surface area contributed by atoms with E-state index in [0.717, 1.165) is 5.56 Å². The minimum absolute atomic E-state index is 0.242. The number of rotatable bonds is 0. The quantitative estimate of drug-likeness (QED) is 0.664. The fourth-order valence-corrected chi connectivity index (χ4v) is 1.60. The summed E-state index contributed by atoms with van der Waals surface area (Å²) in [4.78, 5) is 11.4. The molecular weight excluding hydrogens is 228 g/mol. The maximum atomic E-state index is 11.4. The Balaban J connectivity index is 0.000000659. The molecule has 1 aliphatic heterocycles. The van der Waals surface area contributed by atoms with Crippen molar-refractivity contribution in [1.82, 2.24) is 0 Å². The lowest BCUT2D eigenvalue weighted by Gasteiger charge is -2.10. The average molecular weight is 252 g/mol. The van der Waals surface area contributed by atoms with Gasteiger partial charge in [0.25, 0.3) is 0 Å². The zero-order valence-corrected chi connectivity index (χ0v) is 11.6. The molecule has 0 bridgehead atoms. The monoisotopic (exact) mass is 252 g/mol. The molecule has 1 aromatic carbocycles. The number of nitrogens with one attached hydrogen (secondary N) is 1.